The molecule has 0 spiro atoms. The number of hydrogen-bond acceptors (Lipinski definition) is 4. The van der Waals surface area contributed by atoms with Crippen molar-refractivity contribution in [2.75, 3.05) is 25.5 Å². The molecule has 0 bridgehead atoms. The summed E-state index contributed by atoms with van der Waals surface area (Å²) >= 11 is 0. The number of anilines is 1. The Bertz CT molecular complexity index is 873. The van der Waals surface area contributed by atoms with Crippen LogP contribution in [-0.4, -0.2) is 36.0 Å². The van der Waals surface area contributed by atoms with Crippen molar-refractivity contribution in [3.63, 3.8) is 0 Å². The highest BCUT2D eigenvalue weighted by Gasteiger charge is 2.10. The first-order valence-corrected chi connectivity index (χ1v) is 8.69. The number of pyridine rings is 1. The van der Waals surface area contributed by atoms with E-state index in [9.17, 15) is 4.79 Å². The molecule has 134 valence electrons. The Kier molecular flexibility index (Phi) is 5.81. The van der Waals surface area contributed by atoms with E-state index in [1.165, 1.54) is 0 Å². The van der Waals surface area contributed by atoms with Crippen LogP contribution in [0.2, 0.25) is 0 Å². The molecule has 5 heteroatoms. The first-order chi connectivity index (χ1) is 12.7. The molecule has 0 aliphatic heterocycles. The standard InChI is InChI=1S/C21H23N3O2/c1-3-26-17-11-9-16(10-12-17)14-24(2)15-21(25)23-20-8-4-7-19-18(20)6-5-13-22-19/h4-13H,3,14-15H2,1-2H3,(H,23,25). The quantitative estimate of drug-likeness (QED) is 0.707. The van der Waals surface area contributed by atoms with Crippen LogP contribution in [0.15, 0.2) is 60.8 Å². The van der Waals surface area contributed by atoms with E-state index in [1.54, 1.807) is 6.20 Å². The van der Waals surface area contributed by atoms with E-state index >= 15 is 0 Å². The van der Waals surface area contributed by atoms with Crippen molar-refractivity contribution in [1.29, 1.82) is 0 Å². The SMILES string of the molecule is CCOc1ccc(CN(C)CC(=O)Nc2cccc3ncccc23)cc1. The summed E-state index contributed by atoms with van der Waals surface area (Å²) in [5.41, 5.74) is 2.79. The number of rotatable bonds is 7. The lowest BCUT2D eigenvalue weighted by Gasteiger charge is -2.17. The lowest BCUT2D eigenvalue weighted by atomic mass is 10.2. The van der Waals surface area contributed by atoms with Gasteiger partial charge in [0, 0.05) is 18.1 Å². The zero-order valence-electron chi connectivity index (χ0n) is 15.1. The topological polar surface area (TPSA) is 54.5 Å². The van der Waals surface area contributed by atoms with Crippen LogP contribution in [0.1, 0.15) is 12.5 Å². The maximum Gasteiger partial charge on any atom is 0.238 e. The highest BCUT2D eigenvalue weighted by atomic mass is 16.5. The Hall–Kier alpha value is -2.92. The number of likely N-dealkylation sites (N-methyl/N-ethyl adjacent to an activating group) is 1. The average Bonchev–Trinajstić information content (AvgIpc) is 2.64. The smallest absolute Gasteiger partial charge is 0.238 e. The fourth-order valence-electron chi connectivity index (χ4n) is 2.87. The molecule has 26 heavy (non-hydrogen) atoms. The molecule has 3 rings (SSSR count). The van der Waals surface area contributed by atoms with E-state index in [0.29, 0.717) is 19.7 Å². The molecular weight excluding hydrogens is 326 g/mol. The van der Waals surface area contributed by atoms with Crippen molar-refractivity contribution in [2.45, 2.75) is 13.5 Å². The van der Waals surface area contributed by atoms with Crippen LogP contribution in [0, 0.1) is 0 Å². The Morgan fingerprint density at radius 2 is 1.92 bits per heavy atom. The molecule has 1 aromatic heterocycles. The van der Waals surface area contributed by atoms with Gasteiger partial charge in [0.1, 0.15) is 5.75 Å². The monoisotopic (exact) mass is 349 g/mol. The number of carbonyl (C=O) groups is 1. The molecule has 0 atom stereocenters. The van der Waals surface area contributed by atoms with Gasteiger partial charge in [-0.3, -0.25) is 14.7 Å². The largest absolute Gasteiger partial charge is 0.494 e. The molecule has 3 aromatic rings. The zero-order chi connectivity index (χ0) is 18.4. The second-order valence-corrected chi connectivity index (χ2v) is 6.17. The third kappa shape index (κ3) is 4.58. The minimum Gasteiger partial charge on any atom is -0.494 e. The van der Waals surface area contributed by atoms with E-state index in [2.05, 4.69) is 10.3 Å². The van der Waals surface area contributed by atoms with Gasteiger partial charge in [-0.2, -0.15) is 0 Å². The predicted molar refractivity (Wildman–Crippen MR) is 104 cm³/mol. The fraction of sp³-hybridized carbons (Fsp3) is 0.238. The lowest BCUT2D eigenvalue weighted by molar-refractivity contribution is -0.117. The van der Waals surface area contributed by atoms with E-state index in [4.69, 9.17) is 4.74 Å². The van der Waals surface area contributed by atoms with Crippen molar-refractivity contribution in [2.24, 2.45) is 0 Å². The Morgan fingerprint density at radius 1 is 1.12 bits per heavy atom. The summed E-state index contributed by atoms with van der Waals surface area (Å²) in [6, 6.07) is 17.5. The summed E-state index contributed by atoms with van der Waals surface area (Å²) in [6.45, 7) is 3.62. The fourth-order valence-corrected chi connectivity index (χ4v) is 2.87. The minimum atomic E-state index is -0.0465. The van der Waals surface area contributed by atoms with Crippen molar-refractivity contribution in [3.8, 4) is 5.75 Å². The first-order valence-electron chi connectivity index (χ1n) is 8.69. The summed E-state index contributed by atoms with van der Waals surface area (Å²) in [7, 11) is 1.93. The van der Waals surface area contributed by atoms with Gasteiger partial charge >= 0.3 is 0 Å². The molecule has 1 amide bonds. The molecule has 0 aliphatic rings. The molecule has 1 N–H and O–H groups in total. The second-order valence-electron chi connectivity index (χ2n) is 6.17. The van der Waals surface area contributed by atoms with Gasteiger partial charge in [-0.15, -0.1) is 0 Å². The number of nitrogens with zero attached hydrogens (tertiary/aromatic N) is 2. The number of carbonyl (C=O) groups excluding carboxylic acids is 1. The van der Waals surface area contributed by atoms with Crippen LogP contribution in [-0.2, 0) is 11.3 Å². The van der Waals surface area contributed by atoms with Gasteiger partial charge in [0.05, 0.1) is 24.4 Å². The molecular formula is C21H23N3O2. The third-order valence-electron chi connectivity index (χ3n) is 4.02. The zero-order valence-corrected chi connectivity index (χ0v) is 15.1. The summed E-state index contributed by atoms with van der Waals surface area (Å²) in [5, 5.41) is 3.93. The molecule has 0 fully saturated rings. The summed E-state index contributed by atoms with van der Waals surface area (Å²) in [6.07, 6.45) is 1.75. The van der Waals surface area contributed by atoms with Crippen molar-refractivity contribution >= 4 is 22.5 Å². The van der Waals surface area contributed by atoms with Gasteiger partial charge in [0.2, 0.25) is 5.91 Å². The molecule has 0 saturated heterocycles. The number of fused-ring (bicyclic) bond motifs is 1. The van der Waals surface area contributed by atoms with E-state index in [0.717, 1.165) is 27.9 Å². The van der Waals surface area contributed by atoms with Crippen LogP contribution in [0.4, 0.5) is 5.69 Å². The Balaban J connectivity index is 1.58. The van der Waals surface area contributed by atoms with Gasteiger partial charge in [-0.25, -0.2) is 0 Å². The normalized spacial score (nSPS) is 10.9. The van der Waals surface area contributed by atoms with Gasteiger partial charge in [-0.05, 0) is 55.9 Å². The van der Waals surface area contributed by atoms with Crippen LogP contribution in [0.25, 0.3) is 10.9 Å². The number of aromatic nitrogens is 1. The van der Waals surface area contributed by atoms with E-state index in [-0.39, 0.29) is 5.91 Å². The number of hydrogen-bond donors (Lipinski definition) is 1. The van der Waals surface area contributed by atoms with E-state index < -0.39 is 0 Å². The molecule has 2 aromatic carbocycles. The van der Waals surface area contributed by atoms with Crippen molar-refractivity contribution in [3.05, 3.63) is 66.4 Å². The molecule has 0 saturated carbocycles. The summed E-state index contributed by atoms with van der Waals surface area (Å²) in [4.78, 5) is 18.7. The number of ether oxygens (including phenoxy) is 1. The van der Waals surface area contributed by atoms with Gasteiger partial charge in [-0.1, -0.05) is 18.2 Å². The Morgan fingerprint density at radius 3 is 2.69 bits per heavy atom. The maximum absolute atomic E-state index is 12.4. The maximum atomic E-state index is 12.4. The van der Waals surface area contributed by atoms with Gasteiger partial charge in [0.25, 0.3) is 0 Å². The number of amides is 1. The van der Waals surface area contributed by atoms with Crippen LogP contribution in [0.3, 0.4) is 0 Å². The predicted octanol–water partition coefficient (Wildman–Crippen LogP) is 3.70. The number of nitrogens with one attached hydrogen (secondary N) is 1. The summed E-state index contributed by atoms with van der Waals surface area (Å²) in [5.74, 6) is 0.816. The van der Waals surface area contributed by atoms with Crippen LogP contribution < -0.4 is 10.1 Å². The van der Waals surface area contributed by atoms with Crippen molar-refractivity contribution < 1.29 is 9.53 Å². The minimum absolute atomic E-state index is 0.0465. The van der Waals surface area contributed by atoms with Gasteiger partial charge < -0.3 is 10.1 Å². The van der Waals surface area contributed by atoms with Crippen LogP contribution >= 0.6 is 0 Å². The highest BCUT2D eigenvalue weighted by Crippen LogP contribution is 2.21. The Labute approximate surface area is 153 Å². The third-order valence-corrected chi connectivity index (χ3v) is 4.02. The molecule has 1 heterocycles. The summed E-state index contributed by atoms with van der Waals surface area (Å²) < 4.78 is 5.45. The highest BCUT2D eigenvalue weighted by molar-refractivity contribution is 6.01. The molecule has 0 aliphatic carbocycles. The second kappa shape index (κ2) is 8.45. The molecule has 0 radical (unpaired) electrons. The number of benzene rings is 2. The van der Waals surface area contributed by atoms with E-state index in [1.807, 2.05) is 73.5 Å². The first kappa shape index (κ1) is 17.9. The molecule has 0 unspecified atom stereocenters. The average molecular weight is 349 g/mol. The van der Waals surface area contributed by atoms with Crippen molar-refractivity contribution in [1.82, 2.24) is 9.88 Å². The van der Waals surface area contributed by atoms with Gasteiger partial charge in [0.15, 0.2) is 0 Å². The lowest BCUT2D eigenvalue weighted by Crippen LogP contribution is -2.29. The van der Waals surface area contributed by atoms with Crippen LogP contribution in [0.5, 0.6) is 5.75 Å². The molecule has 5 nitrogen and oxygen atoms in total.